The Hall–Kier alpha value is -0.0900. The van der Waals surface area contributed by atoms with Gasteiger partial charge in [-0.2, -0.15) is 0 Å². The highest BCUT2D eigenvalue weighted by molar-refractivity contribution is 14.0. The predicted molar refractivity (Wildman–Crippen MR) is 87.8 cm³/mol. The van der Waals surface area contributed by atoms with Crippen LogP contribution in [0.15, 0.2) is 4.99 Å². The molecule has 19 heavy (non-hydrogen) atoms. The van der Waals surface area contributed by atoms with E-state index >= 15 is 0 Å². The number of nitrogens with one attached hydrogen (secondary N) is 1. The predicted octanol–water partition coefficient (Wildman–Crippen LogP) is 0.513. The molecule has 0 radical (unpaired) electrons. The van der Waals surface area contributed by atoms with Crippen LogP contribution >= 0.6 is 24.0 Å². The summed E-state index contributed by atoms with van der Waals surface area (Å²) in [6.07, 6.45) is 2.29. The summed E-state index contributed by atoms with van der Waals surface area (Å²) in [6, 6.07) is 0. The SMILES string of the molecule is CCOCCCNC(N)=NCC1CCCS1(=O)=O.I. The van der Waals surface area contributed by atoms with Crippen LogP contribution in [0.4, 0.5) is 0 Å². The van der Waals surface area contributed by atoms with Crippen molar-refractivity contribution in [2.45, 2.75) is 31.4 Å². The third kappa shape index (κ3) is 7.31. The summed E-state index contributed by atoms with van der Waals surface area (Å²) in [5, 5.41) is 2.60. The molecule has 0 aromatic rings. The van der Waals surface area contributed by atoms with Crippen LogP contribution < -0.4 is 11.1 Å². The fourth-order valence-electron chi connectivity index (χ4n) is 1.85. The molecule has 8 heteroatoms. The Morgan fingerprint density at radius 2 is 2.26 bits per heavy atom. The summed E-state index contributed by atoms with van der Waals surface area (Å²) < 4.78 is 28.3. The van der Waals surface area contributed by atoms with Crippen LogP contribution in [0, 0.1) is 0 Å². The molecule has 0 amide bonds. The van der Waals surface area contributed by atoms with Crippen molar-refractivity contribution in [2.24, 2.45) is 10.7 Å². The molecule has 0 aromatic heterocycles. The summed E-state index contributed by atoms with van der Waals surface area (Å²) in [7, 11) is -2.93. The zero-order chi connectivity index (χ0) is 13.4. The summed E-state index contributed by atoms with van der Waals surface area (Å²) in [4.78, 5) is 4.08. The zero-order valence-electron chi connectivity index (χ0n) is 11.3. The molecule has 0 bridgehead atoms. The van der Waals surface area contributed by atoms with E-state index in [2.05, 4.69) is 10.3 Å². The van der Waals surface area contributed by atoms with Crippen LogP contribution in [0.3, 0.4) is 0 Å². The molecule has 1 rings (SSSR count). The first-order valence-electron chi connectivity index (χ1n) is 6.39. The fourth-order valence-corrected chi connectivity index (χ4v) is 3.58. The van der Waals surface area contributed by atoms with Gasteiger partial charge in [-0.05, 0) is 26.2 Å². The molecule has 6 nitrogen and oxygen atoms in total. The summed E-state index contributed by atoms with van der Waals surface area (Å²) in [5.41, 5.74) is 5.66. The molecule has 1 aliphatic rings. The molecule has 0 spiro atoms. The maximum Gasteiger partial charge on any atom is 0.188 e. The number of ether oxygens (including phenoxy) is 1. The van der Waals surface area contributed by atoms with Gasteiger partial charge in [-0.3, -0.25) is 4.99 Å². The maximum atomic E-state index is 11.6. The number of halogens is 1. The highest BCUT2D eigenvalue weighted by atomic mass is 127. The van der Waals surface area contributed by atoms with Gasteiger partial charge in [-0.15, -0.1) is 24.0 Å². The normalized spacial score (nSPS) is 21.9. The Labute approximate surface area is 132 Å². The van der Waals surface area contributed by atoms with E-state index in [9.17, 15) is 8.42 Å². The molecule has 1 atom stereocenters. The third-order valence-corrected chi connectivity index (χ3v) is 5.16. The van der Waals surface area contributed by atoms with Gasteiger partial charge in [0, 0.05) is 19.8 Å². The molecule has 0 saturated carbocycles. The minimum atomic E-state index is -2.93. The minimum Gasteiger partial charge on any atom is -0.382 e. The molecule has 0 aliphatic carbocycles. The summed E-state index contributed by atoms with van der Waals surface area (Å²) in [5.74, 6) is 0.600. The first-order valence-corrected chi connectivity index (χ1v) is 8.11. The number of aliphatic imine (C=N–C) groups is 1. The van der Waals surface area contributed by atoms with E-state index < -0.39 is 9.84 Å². The quantitative estimate of drug-likeness (QED) is 0.279. The molecule has 3 N–H and O–H groups in total. The third-order valence-electron chi connectivity index (χ3n) is 2.90. The van der Waals surface area contributed by atoms with Crippen molar-refractivity contribution in [1.82, 2.24) is 5.32 Å². The number of hydrogen-bond donors (Lipinski definition) is 2. The van der Waals surface area contributed by atoms with Crippen LogP contribution in [-0.4, -0.2) is 51.7 Å². The van der Waals surface area contributed by atoms with Gasteiger partial charge in [-0.25, -0.2) is 8.42 Å². The summed E-state index contributed by atoms with van der Waals surface area (Å²) in [6.45, 7) is 4.31. The van der Waals surface area contributed by atoms with Gasteiger partial charge in [0.1, 0.15) is 0 Å². The van der Waals surface area contributed by atoms with Gasteiger partial charge >= 0.3 is 0 Å². The lowest BCUT2D eigenvalue weighted by Gasteiger charge is -2.08. The molecule has 1 saturated heterocycles. The van der Waals surface area contributed by atoms with Gasteiger partial charge < -0.3 is 15.8 Å². The number of guanidine groups is 1. The van der Waals surface area contributed by atoms with Crippen molar-refractivity contribution in [3.63, 3.8) is 0 Å². The van der Waals surface area contributed by atoms with E-state index in [0.29, 0.717) is 32.1 Å². The first kappa shape index (κ1) is 18.9. The van der Waals surface area contributed by atoms with Gasteiger partial charge in [0.2, 0.25) is 0 Å². The lowest BCUT2D eigenvalue weighted by molar-refractivity contribution is 0.145. The molecular formula is C11H24IN3O3S. The van der Waals surface area contributed by atoms with Crippen molar-refractivity contribution in [1.29, 1.82) is 0 Å². The Kier molecular flexibility index (Phi) is 9.71. The average molecular weight is 405 g/mol. The summed E-state index contributed by atoms with van der Waals surface area (Å²) >= 11 is 0. The highest BCUT2D eigenvalue weighted by Crippen LogP contribution is 2.19. The fraction of sp³-hybridized carbons (Fsp3) is 0.909. The van der Waals surface area contributed by atoms with Crippen molar-refractivity contribution in [2.75, 3.05) is 32.1 Å². The number of sulfone groups is 1. The van der Waals surface area contributed by atoms with Crippen LogP contribution in [0.1, 0.15) is 26.2 Å². The van der Waals surface area contributed by atoms with E-state index in [0.717, 1.165) is 12.8 Å². The average Bonchev–Trinajstić information content (AvgIpc) is 2.65. The molecule has 1 heterocycles. The minimum absolute atomic E-state index is 0. The molecule has 1 fully saturated rings. The number of rotatable bonds is 7. The maximum absolute atomic E-state index is 11.6. The number of nitrogens with two attached hydrogens (primary N) is 1. The van der Waals surface area contributed by atoms with E-state index in [1.54, 1.807) is 0 Å². The standard InChI is InChI=1S/C11H23N3O3S.HI/c1-2-17-7-4-6-13-11(12)14-9-10-5-3-8-18(10,15)16;/h10H,2-9H2,1H3,(H3,12,13,14);1H. The van der Waals surface area contributed by atoms with E-state index in [1.165, 1.54) is 0 Å². The van der Waals surface area contributed by atoms with Crippen molar-refractivity contribution < 1.29 is 13.2 Å². The Morgan fingerprint density at radius 1 is 1.53 bits per heavy atom. The van der Waals surface area contributed by atoms with Crippen LogP contribution in [0.2, 0.25) is 0 Å². The first-order chi connectivity index (χ1) is 8.56. The molecule has 114 valence electrons. The Morgan fingerprint density at radius 3 is 2.84 bits per heavy atom. The zero-order valence-corrected chi connectivity index (χ0v) is 14.4. The van der Waals surface area contributed by atoms with Crippen molar-refractivity contribution >= 4 is 39.8 Å². The second kappa shape index (κ2) is 9.76. The second-order valence-electron chi connectivity index (χ2n) is 4.33. The van der Waals surface area contributed by atoms with Crippen molar-refractivity contribution in [3.8, 4) is 0 Å². The van der Waals surface area contributed by atoms with Gasteiger partial charge in [-0.1, -0.05) is 0 Å². The monoisotopic (exact) mass is 405 g/mol. The van der Waals surface area contributed by atoms with Gasteiger partial charge in [0.15, 0.2) is 15.8 Å². The topological polar surface area (TPSA) is 93.8 Å². The van der Waals surface area contributed by atoms with Crippen LogP contribution in [-0.2, 0) is 14.6 Å². The Bertz CT molecular complexity index is 373. The second-order valence-corrected chi connectivity index (χ2v) is 6.74. The van der Waals surface area contributed by atoms with Crippen LogP contribution in [0.25, 0.3) is 0 Å². The lowest BCUT2D eigenvalue weighted by Crippen LogP contribution is -2.34. The molecular weight excluding hydrogens is 381 g/mol. The molecule has 1 unspecified atom stereocenters. The smallest absolute Gasteiger partial charge is 0.188 e. The number of hydrogen-bond acceptors (Lipinski definition) is 4. The van der Waals surface area contributed by atoms with E-state index in [-0.39, 0.29) is 41.5 Å². The van der Waals surface area contributed by atoms with Crippen LogP contribution in [0.5, 0.6) is 0 Å². The largest absolute Gasteiger partial charge is 0.382 e. The number of nitrogens with zero attached hydrogens (tertiary/aromatic N) is 1. The molecule has 1 aliphatic heterocycles. The highest BCUT2D eigenvalue weighted by Gasteiger charge is 2.30. The van der Waals surface area contributed by atoms with E-state index in [1.807, 2.05) is 6.92 Å². The van der Waals surface area contributed by atoms with Gasteiger partial charge in [0.25, 0.3) is 0 Å². The van der Waals surface area contributed by atoms with Crippen molar-refractivity contribution in [3.05, 3.63) is 0 Å². The Balaban J connectivity index is 0.00000324. The van der Waals surface area contributed by atoms with E-state index in [4.69, 9.17) is 10.5 Å². The molecule has 0 aromatic carbocycles. The van der Waals surface area contributed by atoms with Gasteiger partial charge in [0.05, 0.1) is 17.5 Å². The lowest BCUT2D eigenvalue weighted by atomic mass is 10.2.